The van der Waals surface area contributed by atoms with Crippen molar-refractivity contribution in [1.82, 2.24) is 15.5 Å². The molecule has 0 aliphatic heterocycles. The van der Waals surface area contributed by atoms with Crippen molar-refractivity contribution in [3.8, 4) is 0 Å². The van der Waals surface area contributed by atoms with Gasteiger partial charge in [0.1, 0.15) is 0 Å². The summed E-state index contributed by atoms with van der Waals surface area (Å²) in [5.41, 5.74) is -0.269. The highest BCUT2D eigenvalue weighted by Crippen LogP contribution is 2.27. The van der Waals surface area contributed by atoms with E-state index in [9.17, 15) is 14.7 Å². The summed E-state index contributed by atoms with van der Waals surface area (Å²) in [6.07, 6.45) is 1.47. The first-order valence-electron chi connectivity index (χ1n) is 7.00. The zero-order valence-electron chi connectivity index (χ0n) is 12.7. The predicted octanol–water partition coefficient (Wildman–Crippen LogP) is 2.56. The van der Waals surface area contributed by atoms with E-state index in [1.807, 2.05) is 0 Å². The molecule has 1 unspecified atom stereocenters. The third-order valence-corrected chi connectivity index (χ3v) is 3.85. The number of carboxylic acid groups (broad SMARTS) is 1. The van der Waals surface area contributed by atoms with E-state index in [4.69, 9.17) is 11.6 Å². The second-order valence-corrected chi connectivity index (χ2v) is 5.55. The molecule has 0 saturated carbocycles. The number of nitrogens with zero attached hydrogens (tertiary/aromatic N) is 2. The molecule has 7 heteroatoms. The lowest BCUT2D eigenvalue weighted by Gasteiger charge is -2.30. The molecule has 1 amide bonds. The number of aromatic nitrogens is 2. The van der Waals surface area contributed by atoms with Gasteiger partial charge in [-0.15, -0.1) is 0 Å². The molecule has 2 aromatic rings. The minimum Gasteiger partial charge on any atom is -0.479 e. The Kier molecular flexibility index (Phi) is 4.95. The third-order valence-electron chi connectivity index (χ3n) is 3.60. The fourth-order valence-corrected chi connectivity index (χ4v) is 2.42. The first-order valence-corrected chi connectivity index (χ1v) is 7.38. The SMILES string of the molecule is CCC(NC(=O)c1cnnc(C)c1)(C(=O)O)c1ccc(Cl)cc1. The Labute approximate surface area is 138 Å². The van der Waals surface area contributed by atoms with Crippen molar-refractivity contribution >= 4 is 23.5 Å². The minimum atomic E-state index is -1.54. The highest BCUT2D eigenvalue weighted by molar-refractivity contribution is 6.30. The maximum absolute atomic E-state index is 12.4. The quantitative estimate of drug-likeness (QED) is 0.877. The lowest BCUT2D eigenvalue weighted by molar-refractivity contribution is -0.145. The molecule has 23 heavy (non-hydrogen) atoms. The van der Waals surface area contributed by atoms with E-state index >= 15 is 0 Å². The van der Waals surface area contributed by atoms with Gasteiger partial charge >= 0.3 is 5.97 Å². The van der Waals surface area contributed by atoms with Gasteiger partial charge in [-0.05, 0) is 37.1 Å². The van der Waals surface area contributed by atoms with E-state index < -0.39 is 17.4 Å². The number of hydrogen-bond acceptors (Lipinski definition) is 4. The number of carbonyl (C=O) groups is 2. The Balaban J connectivity index is 2.41. The normalized spacial score (nSPS) is 13.2. The topological polar surface area (TPSA) is 92.2 Å². The van der Waals surface area contributed by atoms with E-state index in [1.54, 1.807) is 44.2 Å². The summed E-state index contributed by atoms with van der Waals surface area (Å²) in [5.74, 6) is -1.67. The molecule has 0 saturated heterocycles. The van der Waals surface area contributed by atoms with Crippen molar-refractivity contribution < 1.29 is 14.7 Å². The van der Waals surface area contributed by atoms with Crippen LogP contribution in [0.1, 0.15) is 35.0 Å². The number of carbonyl (C=O) groups excluding carboxylic acids is 1. The Morgan fingerprint density at radius 1 is 1.30 bits per heavy atom. The average molecular weight is 334 g/mol. The van der Waals surface area contributed by atoms with Gasteiger partial charge in [0, 0.05) is 5.02 Å². The first kappa shape index (κ1) is 16.9. The number of benzene rings is 1. The van der Waals surface area contributed by atoms with Crippen molar-refractivity contribution in [2.24, 2.45) is 0 Å². The molecule has 120 valence electrons. The molecule has 0 fully saturated rings. The molecule has 0 aliphatic rings. The predicted molar refractivity (Wildman–Crippen MR) is 85.3 cm³/mol. The van der Waals surface area contributed by atoms with Crippen LogP contribution in [0.25, 0.3) is 0 Å². The van der Waals surface area contributed by atoms with Gasteiger partial charge in [0.2, 0.25) is 0 Å². The molecule has 6 nitrogen and oxygen atoms in total. The van der Waals surface area contributed by atoms with Crippen LogP contribution in [0.5, 0.6) is 0 Å². The monoisotopic (exact) mass is 333 g/mol. The summed E-state index contributed by atoms with van der Waals surface area (Å²) in [6.45, 7) is 3.40. The van der Waals surface area contributed by atoms with E-state index in [-0.39, 0.29) is 12.0 Å². The van der Waals surface area contributed by atoms with Crippen LogP contribution in [0.2, 0.25) is 5.02 Å². The summed E-state index contributed by atoms with van der Waals surface area (Å²) in [7, 11) is 0. The summed E-state index contributed by atoms with van der Waals surface area (Å²) < 4.78 is 0. The lowest BCUT2D eigenvalue weighted by Crippen LogP contribution is -2.51. The van der Waals surface area contributed by atoms with Crippen LogP contribution >= 0.6 is 11.6 Å². The standard InChI is InChI=1S/C16H16ClN3O3/c1-3-16(15(22)23,12-4-6-13(17)7-5-12)19-14(21)11-8-10(2)20-18-9-11/h4-9H,3H2,1-2H3,(H,19,21)(H,22,23). The number of amides is 1. The second kappa shape index (κ2) is 6.75. The average Bonchev–Trinajstić information content (AvgIpc) is 2.53. The second-order valence-electron chi connectivity index (χ2n) is 5.11. The Morgan fingerprint density at radius 2 is 1.96 bits per heavy atom. The molecule has 0 aliphatic carbocycles. The van der Waals surface area contributed by atoms with Crippen molar-refractivity contribution in [3.63, 3.8) is 0 Å². The molecule has 1 heterocycles. The van der Waals surface area contributed by atoms with Crippen LogP contribution in [0.4, 0.5) is 0 Å². The number of halogens is 1. The van der Waals surface area contributed by atoms with E-state index in [1.165, 1.54) is 6.20 Å². The minimum absolute atomic E-state index is 0.174. The van der Waals surface area contributed by atoms with Gasteiger partial charge in [0.25, 0.3) is 5.91 Å². The van der Waals surface area contributed by atoms with Gasteiger partial charge in [0.15, 0.2) is 5.54 Å². The maximum Gasteiger partial charge on any atom is 0.334 e. The summed E-state index contributed by atoms with van der Waals surface area (Å²) in [6, 6.07) is 7.92. The zero-order chi connectivity index (χ0) is 17.0. The number of rotatable bonds is 5. The van der Waals surface area contributed by atoms with Crippen LogP contribution in [-0.4, -0.2) is 27.2 Å². The number of carboxylic acids is 1. The molecular weight excluding hydrogens is 318 g/mol. The Bertz CT molecular complexity index is 734. The molecular formula is C16H16ClN3O3. The van der Waals surface area contributed by atoms with Crippen LogP contribution in [-0.2, 0) is 10.3 Å². The highest BCUT2D eigenvalue weighted by atomic mass is 35.5. The van der Waals surface area contributed by atoms with Gasteiger partial charge < -0.3 is 10.4 Å². The Morgan fingerprint density at radius 3 is 2.48 bits per heavy atom. The third kappa shape index (κ3) is 3.48. The van der Waals surface area contributed by atoms with E-state index in [2.05, 4.69) is 15.5 Å². The van der Waals surface area contributed by atoms with Crippen molar-refractivity contribution in [2.75, 3.05) is 0 Å². The van der Waals surface area contributed by atoms with Crippen LogP contribution in [0, 0.1) is 6.92 Å². The lowest BCUT2D eigenvalue weighted by atomic mass is 9.87. The fraction of sp³-hybridized carbons (Fsp3) is 0.250. The van der Waals surface area contributed by atoms with Crippen LogP contribution in [0.15, 0.2) is 36.5 Å². The highest BCUT2D eigenvalue weighted by Gasteiger charge is 2.40. The number of nitrogens with one attached hydrogen (secondary N) is 1. The van der Waals surface area contributed by atoms with E-state index in [0.717, 1.165) is 0 Å². The van der Waals surface area contributed by atoms with Gasteiger partial charge in [0.05, 0.1) is 17.5 Å². The van der Waals surface area contributed by atoms with Gasteiger partial charge in [-0.3, -0.25) is 4.79 Å². The molecule has 0 radical (unpaired) electrons. The van der Waals surface area contributed by atoms with E-state index in [0.29, 0.717) is 16.3 Å². The smallest absolute Gasteiger partial charge is 0.334 e. The Hall–Kier alpha value is -2.47. The molecule has 2 N–H and O–H groups in total. The largest absolute Gasteiger partial charge is 0.479 e. The molecule has 0 bridgehead atoms. The van der Waals surface area contributed by atoms with Crippen LogP contribution in [0.3, 0.4) is 0 Å². The summed E-state index contributed by atoms with van der Waals surface area (Å²) >= 11 is 5.85. The molecule has 2 rings (SSSR count). The fourth-order valence-electron chi connectivity index (χ4n) is 2.29. The number of hydrogen-bond donors (Lipinski definition) is 2. The van der Waals surface area contributed by atoms with Crippen molar-refractivity contribution in [2.45, 2.75) is 25.8 Å². The zero-order valence-corrected chi connectivity index (χ0v) is 13.5. The summed E-state index contributed by atoms with van der Waals surface area (Å²) in [5, 5.41) is 20.3. The summed E-state index contributed by atoms with van der Waals surface area (Å²) in [4.78, 5) is 24.3. The van der Waals surface area contributed by atoms with Crippen LogP contribution < -0.4 is 5.32 Å². The van der Waals surface area contributed by atoms with Crippen molar-refractivity contribution in [3.05, 3.63) is 58.4 Å². The first-order chi connectivity index (χ1) is 10.9. The number of aliphatic carboxylic acids is 1. The van der Waals surface area contributed by atoms with Gasteiger partial charge in [-0.2, -0.15) is 10.2 Å². The molecule has 0 spiro atoms. The number of aryl methyl sites for hydroxylation is 1. The van der Waals surface area contributed by atoms with Crippen molar-refractivity contribution in [1.29, 1.82) is 0 Å². The van der Waals surface area contributed by atoms with Gasteiger partial charge in [-0.1, -0.05) is 30.7 Å². The van der Waals surface area contributed by atoms with Gasteiger partial charge in [-0.25, -0.2) is 4.79 Å². The molecule has 1 atom stereocenters. The molecule has 1 aromatic carbocycles. The maximum atomic E-state index is 12.4. The molecule has 1 aromatic heterocycles.